The zero-order valence-electron chi connectivity index (χ0n) is 16.3. The van der Waals surface area contributed by atoms with Gasteiger partial charge in [-0.1, -0.05) is 6.07 Å². The molecule has 3 aromatic heterocycles. The third-order valence-corrected chi connectivity index (χ3v) is 5.66. The van der Waals surface area contributed by atoms with Crippen LogP contribution in [0.5, 0.6) is 5.88 Å². The Kier molecular flexibility index (Phi) is 5.13. The first-order valence-corrected chi connectivity index (χ1v) is 10.2. The van der Waals surface area contributed by atoms with Crippen LogP contribution in [0.3, 0.4) is 0 Å². The molecule has 0 spiro atoms. The van der Waals surface area contributed by atoms with Gasteiger partial charge in [-0.05, 0) is 44.2 Å². The number of carbonyl (C=O) groups is 1. The maximum atomic E-state index is 13.1. The summed E-state index contributed by atoms with van der Waals surface area (Å²) in [4.78, 5) is 24.6. The van der Waals surface area contributed by atoms with Crippen LogP contribution in [-0.2, 0) is 7.05 Å². The van der Waals surface area contributed by atoms with Gasteiger partial charge in [-0.25, -0.2) is 4.98 Å². The highest BCUT2D eigenvalue weighted by atomic mass is 32.1. The maximum Gasteiger partial charge on any atom is 0.272 e. The Balaban J connectivity index is 1.48. The highest BCUT2D eigenvalue weighted by Crippen LogP contribution is 2.25. The molecule has 1 atom stereocenters. The highest BCUT2D eigenvalue weighted by molar-refractivity contribution is 7.13. The second kappa shape index (κ2) is 7.71. The quantitative estimate of drug-likeness (QED) is 0.676. The summed E-state index contributed by atoms with van der Waals surface area (Å²) >= 11 is 1.62. The molecule has 0 aromatic carbocycles. The summed E-state index contributed by atoms with van der Waals surface area (Å²) in [7, 11) is 1.81. The van der Waals surface area contributed by atoms with Gasteiger partial charge in [-0.2, -0.15) is 10.1 Å². The van der Waals surface area contributed by atoms with E-state index in [2.05, 4.69) is 15.1 Å². The number of hydrogen-bond donors (Lipinski definition) is 0. The molecule has 4 rings (SSSR count). The first kappa shape index (κ1) is 18.6. The van der Waals surface area contributed by atoms with Crippen molar-refractivity contribution in [3.63, 3.8) is 0 Å². The molecule has 1 amide bonds. The van der Waals surface area contributed by atoms with Gasteiger partial charge in [0.15, 0.2) is 0 Å². The summed E-state index contributed by atoms with van der Waals surface area (Å²) in [5, 5.41) is 6.52. The molecular weight excluding hydrogens is 374 g/mol. The number of rotatable bonds is 4. The normalized spacial score (nSPS) is 17.0. The van der Waals surface area contributed by atoms with Crippen LogP contribution in [0.4, 0.5) is 0 Å². The van der Waals surface area contributed by atoms with Crippen LogP contribution in [0.1, 0.15) is 34.8 Å². The second-order valence-electron chi connectivity index (χ2n) is 7.04. The predicted molar refractivity (Wildman–Crippen MR) is 108 cm³/mol. The van der Waals surface area contributed by atoms with Crippen LogP contribution in [0.2, 0.25) is 0 Å². The zero-order chi connectivity index (χ0) is 19.7. The summed E-state index contributed by atoms with van der Waals surface area (Å²) < 4.78 is 7.73. The number of thiophene rings is 1. The van der Waals surface area contributed by atoms with Crippen molar-refractivity contribution >= 4 is 17.2 Å². The number of amides is 1. The van der Waals surface area contributed by atoms with Gasteiger partial charge in [0, 0.05) is 25.4 Å². The summed E-state index contributed by atoms with van der Waals surface area (Å²) in [5.74, 6) is 1.25. The molecule has 28 heavy (non-hydrogen) atoms. The summed E-state index contributed by atoms with van der Waals surface area (Å²) in [6, 6.07) is 7.70. The number of aryl methyl sites for hydroxylation is 3. The Morgan fingerprint density at radius 2 is 2.14 bits per heavy atom. The first-order chi connectivity index (χ1) is 13.5. The lowest BCUT2D eigenvalue weighted by molar-refractivity contribution is 0.0517. The van der Waals surface area contributed by atoms with E-state index in [0.29, 0.717) is 23.9 Å². The van der Waals surface area contributed by atoms with Crippen molar-refractivity contribution < 1.29 is 9.53 Å². The molecule has 0 radical (unpaired) electrons. The Labute approximate surface area is 168 Å². The fourth-order valence-electron chi connectivity index (χ4n) is 3.51. The van der Waals surface area contributed by atoms with Crippen LogP contribution >= 0.6 is 11.3 Å². The monoisotopic (exact) mass is 397 g/mol. The number of ether oxygens (including phenoxy) is 1. The molecule has 0 N–H and O–H groups in total. The van der Waals surface area contributed by atoms with Crippen LogP contribution in [0.25, 0.3) is 10.6 Å². The molecule has 1 aliphatic rings. The minimum Gasteiger partial charge on any atom is -0.472 e. The van der Waals surface area contributed by atoms with Gasteiger partial charge in [0.25, 0.3) is 5.91 Å². The van der Waals surface area contributed by atoms with Gasteiger partial charge >= 0.3 is 0 Å². The van der Waals surface area contributed by atoms with Crippen molar-refractivity contribution in [3.05, 3.63) is 46.9 Å². The fraction of sp³-hybridized carbons (Fsp3) is 0.400. The SMILES string of the molecule is Cc1cc(O[C@@H]2CCCN(C(=O)c3cc(-c4cccs4)nn3C)C2)nc(C)n1. The molecule has 8 heteroatoms. The third kappa shape index (κ3) is 3.91. The van der Waals surface area contributed by atoms with Gasteiger partial charge in [-0.3, -0.25) is 9.48 Å². The average Bonchev–Trinajstić information content (AvgIpc) is 3.30. The molecule has 1 saturated heterocycles. The van der Waals surface area contributed by atoms with E-state index in [1.165, 1.54) is 0 Å². The first-order valence-electron chi connectivity index (χ1n) is 9.36. The van der Waals surface area contributed by atoms with Crippen molar-refractivity contribution in [1.82, 2.24) is 24.6 Å². The van der Waals surface area contributed by atoms with Crippen molar-refractivity contribution in [2.75, 3.05) is 13.1 Å². The molecule has 0 unspecified atom stereocenters. The molecular formula is C20H23N5O2S. The molecule has 0 saturated carbocycles. The second-order valence-corrected chi connectivity index (χ2v) is 7.99. The molecule has 4 heterocycles. The molecule has 0 bridgehead atoms. The van der Waals surface area contributed by atoms with Gasteiger partial charge in [0.05, 0.1) is 11.4 Å². The van der Waals surface area contributed by atoms with Gasteiger partial charge < -0.3 is 9.64 Å². The zero-order valence-corrected chi connectivity index (χ0v) is 17.1. The van der Waals surface area contributed by atoms with E-state index in [1.807, 2.05) is 55.4 Å². The smallest absolute Gasteiger partial charge is 0.272 e. The van der Waals surface area contributed by atoms with Gasteiger partial charge in [0.1, 0.15) is 23.3 Å². The number of likely N-dealkylation sites (tertiary alicyclic amines) is 1. The van der Waals surface area contributed by atoms with Crippen LogP contribution in [-0.4, -0.2) is 49.7 Å². The Morgan fingerprint density at radius 3 is 2.89 bits per heavy atom. The van der Waals surface area contributed by atoms with E-state index in [-0.39, 0.29) is 12.0 Å². The largest absolute Gasteiger partial charge is 0.472 e. The lowest BCUT2D eigenvalue weighted by Crippen LogP contribution is -2.45. The van der Waals surface area contributed by atoms with Crippen LogP contribution < -0.4 is 4.74 Å². The number of nitrogens with zero attached hydrogens (tertiary/aromatic N) is 5. The maximum absolute atomic E-state index is 13.1. The lowest BCUT2D eigenvalue weighted by atomic mass is 10.1. The molecule has 1 aliphatic heterocycles. The van der Waals surface area contributed by atoms with Crippen LogP contribution in [0, 0.1) is 13.8 Å². The van der Waals surface area contributed by atoms with E-state index < -0.39 is 0 Å². The number of hydrogen-bond acceptors (Lipinski definition) is 6. The lowest BCUT2D eigenvalue weighted by Gasteiger charge is -2.32. The molecule has 1 fully saturated rings. The average molecular weight is 398 g/mol. The van der Waals surface area contributed by atoms with E-state index in [1.54, 1.807) is 16.0 Å². The van der Waals surface area contributed by atoms with Crippen molar-refractivity contribution in [3.8, 4) is 16.5 Å². The fourth-order valence-corrected chi connectivity index (χ4v) is 4.19. The van der Waals surface area contributed by atoms with Crippen molar-refractivity contribution in [2.24, 2.45) is 7.05 Å². The topological polar surface area (TPSA) is 73.1 Å². The Morgan fingerprint density at radius 1 is 1.29 bits per heavy atom. The number of carbonyl (C=O) groups excluding carboxylic acids is 1. The van der Waals surface area contributed by atoms with E-state index >= 15 is 0 Å². The molecule has 0 aliphatic carbocycles. The molecule has 3 aromatic rings. The van der Waals surface area contributed by atoms with Crippen molar-refractivity contribution in [1.29, 1.82) is 0 Å². The minimum atomic E-state index is -0.0728. The predicted octanol–water partition coefficient (Wildman–Crippen LogP) is 3.24. The van der Waals surface area contributed by atoms with Crippen molar-refractivity contribution in [2.45, 2.75) is 32.8 Å². The van der Waals surface area contributed by atoms with Crippen LogP contribution in [0.15, 0.2) is 29.6 Å². The Bertz CT molecular complexity index is 962. The molecule has 146 valence electrons. The molecule has 7 nitrogen and oxygen atoms in total. The van der Waals surface area contributed by atoms with E-state index in [9.17, 15) is 4.79 Å². The van der Waals surface area contributed by atoms with E-state index in [0.717, 1.165) is 35.7 Å². The summed E-state index contributed by atoms with van der Waals surface area (Å²) in [6.07, 6.45) is 1.73. The van der Waals surface area contributed by atoms with Gasteiger partial charge in [-0.15, -0.1) is 11.3 Å². The number of aromatic nitrogens is 4. The summed E-state index contributed by atoms with van der Waals surface area (Å²) in [5.41, 5.74) is 2.30. The standard InChI is InChI=1S/C20H23N5O2S/c1-13-10-19(22-14(2)21-13)27-15-6-4-8-25(12-15)20(26)17-11-16(23-24(17)3)18-7-5-9-28-18/h5,7,9-11,15H,4,6,8,12H2,1-3H3/t15-/m1/s1. The number of piperidine rings is 1. The van der Waals surface area contributed by atoms with Gasteiger partial charge in [0.2, 0.25) is 5.88 Å². The Hall–Kier alpha value is -2.74. The minimum absolute atomic E-state index is 0.0128. The summed E-state index contributed by atoms with van der Waals surface area (Å²) in [6.45, 7) is 5.04. The third-order valence-electron chi connectivity index (χ3n) is 4.77. The highest BCUT2D eigenvalue weighted by Gasteiger charge is 2.28. The van der Waals surface area contributed by atoms with E-state index in [4.69, 9.17) is 4.74 Å².